The first-order valence-corrected chi connectivity index (χ1v) is 7.13. The van der Waals surface area contributed by atoms with Gasteiger partial charge in [0.25, 0.3) is 11.6 Å². The first-order chi connectivity index (χ1) is 9.08. The molecule has 1 saturated heterocycles. The minimum atomic E-state index is -0.451. The van der Waals surface area contributed by atoms with E-state index in [1.165, 1.54) is 17.4 Å². The van der Waals surface area contributed by atoms with Gasteiger partial charge >= 0.3 is 0 Å². The second-order valence-electron chi connectivity index (χ2n) is 4.73. The molecule has 0 aromatic carbocycles. The van der Waals surface area contributed by atoms with E-state index in [0.717, 1.165) is 25.9 Å². The number of amides is 1. The van der Waals surface area contributed by atoms with Gasteiger partial charge in [-0.2, -0.15) is 0 Å². The van der Waals surface area contributed by atoms with Gasteiger partial charge in [0.2, 0.25) is 0 Å². The number of nitrogens with zero attached hydrogens (tertiary/aromatic N) is 1. The van der Waals surface area contributed by atoms with Gasteiger partial charge in [0, 0.05) is 12.6 Å². The zero-order valence-electron chi connectivity index (χ0n) is 11.2. The van der Waals surface area contributed by atoms with Crippen LogP contribution in [0.5, 0.6) is 0 Å². The van der Waals surface area contributed by atoms with Crippen LogP contribution in [0.15, 0.2) is 6.07 Å². The maximum absolute atomic E-state index is 11.9. The highest BCUT2D eigenvalue weighted by atomic mass is 35.5. The molecular weight excluding hydrogens is 302 g/mol. The third-order valence-corrected chi connectivity index (χ3v) is 4.30. The van der Waals surface area contributed by atoms with Crippen LogP contribution in [0.3, 0.4) is 0 Å². The summed E-state index contributed by atoms with van der Waals surface area (Å²) < 4.78 is 0. The molecule has 2 heterocycles. The van der Waals surface area contributed by atoms with Gasteiger partial charge in [-0.25, -0.2) is 0 Å². The quantitative estimate of drug-likeness (QED) is 0.657. The van der Waals surface area contributed by atoms with Crippen LogP contribution in [0.1, 0.15) is 27.4 Å². The molecule has 0 saturated carbocycles. The number of carbonyl (C=O) groups is 1. The van der Waals surface area contributed by atoms with Gasteiger partial charge in [-0.1, -0.05) is 0 Å². The van der Waals surface area contributed by atoms with Gasteiger partial charge in [0.1, 0.15) is 0 Å². The fourth-order valence-corrected chi connectivity index (χ4v) is 3.09. The van der Waals surface area contributed by atoms with E-state index < -0.39 is 4.92 Å². The number of carbonyl (C=O) groups excluding carboxylic acids is 1. The van der Waals surface area contributed by atoms with Crippen LogP contribution < -0.4 is 10.6 Å². The molecule has 1 amide bonds. The molecule has 8 heteroatoms. The first-order valence-electron chi connectivity index (χ1n) is 6.31. The standard InChI is InChI=1S/C12H17N3O3S.ClH/c1-8-10(15(17)18)5-11(19-8)12(16)14-7-9-3-2-4-13-6-9;/h5,9,13H,2-4,6-7H2,1H3,(H,14,16);1H. The lowest BCUT2D eigenvalue weighted by atomic mass is 10.00. The monoisotopic (exact) mass is 319 g/mol. The molecule has 112 valence electrons. The molecule has 6 nitrogen and oxygen atoms in total. The van der Waals surface area contributed by atoms with Gasteiger partial charge in [-0.3, -0.25) is 14.9 Å². The molecule has 0 aliphatic carbocycles. The van der Waals surface area contributed by atoms with E-state index in [1.54, 1.807) is 6.92 Å². The van der Waals surface area contributed by atoms with Gasteiger partial charge < -0.3 is 10.6 Å². The number of nitrogens with one attached hydrogen (secondary N) is 2. The maximum atomic E-state index is 11.9. The molecule has 1 atom stereocenters. The topological polar surface area (TPSA) is 84.3 Å². The average molecular weight is 320 g/mol. The lowest BCUT2D eigenvalue weighted by molar-refractivity contribution is -0.385. The number of rotatable bonds is 4. The molecule has 1 aliphatic rings. The summed E-state index contributed by atoms with van der Waals surface area (Å²) in [6, 6.07) is 1.36. The highest BCUT2D eigenvalue weighted by Crippen LogP contribution is 2.27. The Kier molecular flexibility index (Phi) is 6.38. The summed E-state index contributed by atoms with van der Waals surface area (Å²) in [6.07, 6.45) is 2.24. The number of aryl methyl sites for hydroxylation is 1. The van der Waals surface area contributed by atoms with Crippen molar-refractivity contribution in [2.45, 2.75) is 19.8 Å². The summed E-state index contributed by atoms with van der Waals surface area (Å²) in [6.45, 7) is 4.24. The molecule has 0 bridgehead atoms. The van der Waals surface area contributed by atoms with Crippen molar-refractivity contribution in [3.63, 3.8) is 0 Å². The van der Waals surface area contributed by atoms with E-state index in [9.17, 15) is 14.9 Å². The third kappa shape index (κ3) is 4.16. The molecule has 2 N–H and O–H groups in total. The Morgan fingerprint density at radius 2 is 2.40 bits per heavy atom. The van der Waals surface area contributed by atoms with Crippen molar-refractivity contribution in [1.82, 2.24) is 10.6 Å². The Hall–Kier alpha value is -1.18. The zero-order valence-corrected chi connectivity index (χ0v) is 12.8. The number of nitro groups is 1. The number of halogens is 1. The predicted molar refractivity (Wildman–Crippen MR) is 80.9 cm³/mol. The second-order valence-corrected chi connectivity index (χ2v) is 5.99. The van der Waals surface area contributed by atoms with Crippen LogP contribution in [0, 0.1) is 23.0 Å². The Labute approximate surface area is 127 Å². The van der Waals surface area contributed by atoms with Crippen molar-refractivity contribution in [1.29, 1.82) is 0 Å². The van der Waals surface area contributed by atoms with E-state index in [2.05, 4.69) is 10.6 Å². The van der Waals surface area contributed by atoms with Gasteiger partial charge in [0.05, 0.1) is 14.7 Å². The molecule has 1 aromatic rings. The van der Waals surface area contributed by atoms with Gasteiger partial charge in [0.15, 0.2) is 0 Å². The number of hydrogen-bond donors (Lipinski definition) is 2. The number of piperidine rings is 1. The Bertz CT molecular complexity index is 486. The third-order valence-electron chi connectivity index (χ3n) is 3.26. The first kappa shape index (κ1) is 16.9. The Morgan fingerprint density at radius 3 is 2.95 bits per heavy atom. The van der Waals surface area contributed by atoms with Crippen molar-refractivity contribution >= 4 is 35.3 Å². The zero-order chi connectivity index (χ0) is 13.8. The molecule has 1 unspecified atom stereocenters. The van der Waals surface area contributed by atoms with E-state index in [0.29, 0.717) is 22.2 Å². The van der Waals surface area contributed by atoms with Crippen molar-refractivity contribution in [2.75, 3.05) is 19.6 Å². The molecule has 1 aliphatic heterocycles. The molecule has 0 radical (unpaired) electrons. The van der Waals surface area contributed by atoms with Crippen LogP contribution in [-0.2, 0) is 0 Å². The largest absolute Gasteiger partial charge is 0.351 e. The maximum Gasteiger partial charge on any atom is 0.283 e. The van der Waals surface area contributed by atoms with E-state index in [-0.39, 0.29) is 24.0 Å². The number of thiophene rings is 1. The summed E-state index contributed by atoms with van der Waals surface area (Å²) in [7, 11) is 0. The smallest absolute Gasteiger partial charge is 0.283 e. The van der Waals surface area contributed by atoms with E-state index >= 15 is 0 Å². The summed E-state index contributed by atoms with van der Waals surface area (Å²) in [5.74, 6) is 0.237. The van der Waals surface area contributed by atoms with Gasteiger partial charge in [-0.05, 0) is 38.8 Å². The highest BCUT2D eigenvalue weighted by molar-refractivity contribution is 7.14. The van der Waals surface area contributed by atoms with Crippen molar-refractivity contribution in [3.05, 3.63) is 25.9 Å². The summed E-state index contributed by atoms with van der Waals surface area (Å²) in [5.41, 5.74) is 0.0227. The predicted octanol–water partition coefficient (Wildman–Crippen LogP) is 2.12. The van der Waals surface area contributed by atoms with Gasteiger partial charge in [-0.15, -0.1) is 23.7 Å². The lowest BCUT2D eigenvalue weighted by Gasteiger charge is -2.22. The number of hydrogen-bond acceptors (Lipinski definition) is 5. The molecule has 1 fully saturated rings. The van der Waals surface area contributed by atoms with Crippen LogP contribution in [-0.4, -0.2) is 30.5 Å². The van der Waals surface area contributed by atoms with Crippen LogP contribution in [0.25, 0.3) is 0 Å². The lowest BCUT2D eigenvalue weighted by Crippen LogP contribution is -2.37. The normalized spacial score (nSPS) is 18.1. The van der Waals surface area contributed by atoms with Crippen LogP contribution in [0.4, 0.5) is 5.69 Å². The van der Waals surface area contributed by atoms with Crippen LogP contribution in [0.2, 0.25) is 0 Å². The van der Waals surface area contributed by atoms with E-state index in [1.807, 2.05) is 0 Å². The van der Waals surface area contributed by atoms with E-state index in [4.69, 9.17) is 0 Å². The Morgan fingerprint density at radius 1 is 1.65 bits per heavy atom. The fourth-order valence-electron chi connectivity index (χ4n) is 2.19. The average Bonchev–Trinajstić information content (AvgIpc) is 2.79. The Balaban J connectivity index is 0.00000200. The SMILES string of the molecule is Cc1sc(C(=O)NCC2CCCNC2)cc1[N+](=O)[O-].Cl. The minimum absolute atomic E-state index is 0. The highest BCUT2D eigenvalue weighted by Gasteiger charge is 2.20. The molecule has 0 spiro atoms. The second kappa shape index (κ2) is 7.56. The van der Waals surface area contributed by atoms with Crippen molar-refractivity contribution in [2.24, 2.45) is 5.92 Å². The summed E-state index contributed by atoms with van der Waals surface area (Å²) >= 11 is 1.17. The molecule has 20 heavy (non-hydrogen) atoms. The molecule has 2 rings (SSSR count). The molecular formula is C12H18ClN3O3S. The van der Waals surface area contributed by atoms with Crippen molar-refractivity contribution in [3.8, 4) is 0 Å². The summed E-state index contributed by atoms with van der Waals surface area (Å²) in [5, 5.41) is 16.9. The summed E-state index contributed by atoms with van der Waals surface area (Å²) in [4.78, 5) is 23.2. The van der Waals surface area contributed by atoms with Crippen molar-refractivity contribution < 1.29 is 9.72 Å². The fraction of sp³-hybridized carbons (Fsp3) is 0.583. The molecule has 1 aromatic heterocycles. The van der Waals surface area contributed by atoms with Crippen LogP contribution >= 0.6 is 23.7 Å². The minimum Gasteiger partial charge on any atom is -0.351 e.